The maximum atomic E-state index is 12.3. The monoisotopic (exact) mass is 434 g/mol. The number of nitrogens with one attached hydrogen (secondary N) is 1. The number of hydrogen-bond donors (Lipinski definition) is 1. The largest absolute Gasteiger partial charge is 0.467 e. The van der Waals surface area contributed by atoms with Crippen molar-refractivity contribution in [2.45, 2.75) is 65.1 Å². The molecule has 1 amide bonds. The molecule has 0 saturated heterocycles. The van der Waals surface area contributed by atoms with Crippen LogP contribution in [0.4, 0.5) is 4.79 Å². The number of rotatable bonds is 5. The van der Waals surface area contributed by atoms with Crippen LogP contribution in [-0.2, 0) is 26.2 Å². The van der Waals surface area contributed by atoms with Crippen molar-refractivity contribution in [1.29, 1.82) is 0 Å². The Kier molecular flexibility index (Phi) is 7.13. The van der Waals surface area contributed by atoms with Crippen LogP contribution in [0, 0.1) is 0 Å². The minimum absolute atomic E-state index is 0.0288. The number of ether oxygens (including phenoxy) is 2. The van der Waals surface area contributed by atoms with Gasteiger partial charge in [0.05, 0.1) is 17.5 Å². The minimum atomic E-state index is -0.867. The Morgan fingerprint density at radius 3 is 2.17 bits per heavy atom. The highest BCUT2D eigenvalue weighted by Crippen LogP contribution is 2.27. The van der Waals surface area contributed by atoms with Gasteiger partial charge in [-0.25, -0.2) is 9.59 Å². The van der Waals surface area contributed by atoms with Crippen molar-refractivity contribution in [1.82, 2.24) is 9.27 Å². The number of carbonyl (C=O) groups is 2. The van der Waals surface area contributed by atoms with E-state index in [1.165, 1.54) is 18.6 Å². The quantitative estimate of drug-likeness (QED) is 0.721. The summed E-state index contributed by atoms with van der Waals surface area (Å²) in [7, 11) is 1.27. The summed E-state index contributed by atoms with van der Waals surface area (Å²) >= 11 is 1.42. The number of methoxy groups -OCH3 is 1. The van der Waals surface area contributed by atoms with Crippen LogP contribution in [0.3, 0.4) is 0 Å². The summed E-state index contributed by atoms with van der Waals surface area (Å²) in [6.07, 6.45) is -0.423. The molecule has 0 fully saturated rings. The molecule has 164 valence electrons. The van der Waals surface area contributed by atoms with Gasteiger partial charge >= 0.3 is 12.1 Å². The van der Waals surface area contributed by atoms with Crippen LogP contribution in [0.2, 0.25) is 0 Å². The highest BCUT2D eigenvalue weighted by atomic mass is 32.1. The van der Waals surface area contributed by atoms with Gasteiger partial charge in [0.2, 0.25) is 0 Å². The zero-order valence-electron chi connectivity index (χ0n) is 18.6. The number of hydrogen-bond acceptors (Lipinski definition) is 6. The molecule has 7 nitrogen and oxygen atoms in total. The van der Waals surface area contributed by atoms with E-state index in [4.69, 9.17) is 9.47 Å². The molecular weight excluding hydrogens is 404 g/mol. The second-order valence-corrected chi connectivity index (χ2v) is 10.0. The van der Waals surface area contributed by atoms with Gasteiger partial charge in [0.15, 0.2) is 0 Å². The predicted octanol–water partition coefficient (Wildman–Crippen LogP) is 3.94. The van der Waals surface area contributed by atoms with Crippen molar-refractivity contribution in [2.75, 3.05) is 7.11 Å². The van der Waals surface area contributed by atoms with Gasteiger partial charge in [0.1, 0.15) is 11.6 Å². The van der Waals surface area contributed by atoms with Crippen molar-refractivity contribution >= 4 is 23.6 Å². The lowest BCUT2D eigenvalue weighted by Crippen LogP contribution is -2.45. The van der Waals surface area contributed by atoms with Crippen LogP contribution in [0.15, 0.2) is 35.1 Å². The topological polar surface area (TPSA) is 86.6 Å². The molecular formula is C22H30N2O5S. The van der Waals surface area contributed by atoms with E-state index >= 15 is 0 Å². The van der Waals surface area contributed by atoms with Gasteiger partial charge in [-0.05, 0) is 52.7 Å². The number of benzene rings is 1. The van der Waals surface area contributed by atoms with Crippen molar-refractivity contribution in [3.8, 4) is 10.4 Å². The molecule has 0 bridgehead atoms. The second-order valence-electron chi connectivity index (χ2n) is 9.03. The van der Waals surface area contributed by atoms with Crippen LogP contribution >= 0.6 is 11.5 Å². The first-order valence-electron chi connectivity index (χ1n) is 9.70. The average molecular weight is 435 g/mol. The Balaban J connectivity index is 2.17. The molecule has 1 aromatic carbocycles. The standard InChI is InChI=1S/C22H30N2O5S/c1-21(2,3)24-18(25)13-17(30-24)15-10-8-14(9-11-15)12-16(19(26)28-7)23-20(27)29-22(4,5)6/h8-11,13,16H,12H2,1-7H3,(H,23,27). The van der Waals surface area contributed by atoms with E-state index in [-0.39, 0.29) is 17.5 Å². The molecule has 0 aliphatic carbocycles. The molecule has 1 unspecified atom stereocenters. The van der Waals surface area contributed by atoms with Crippen LogP contribution in [0.5, 0.6) is 0 Å². The van der Waals surface area contributed by atoms with Crippen LogP contribution < -0.4 is 10.9 Å². The van der Waals surface area contributed by atoms with E-state index < -0.39 is 23.7 Å². The molecule has 0 aliphatic heterocycles. The van der Waals surface area contributed by atoms with Crippen molar-refractivity contribution in [3.63, 3.8) is 0 Å². The Hall–Kier alpha value is -2.61. The third-order valence-corrected chi connectivity index (χ3v) is 5.57. The predicted molar refractivity (Wildman–Crippen MR) is 118 cm³/mol. The van der Waals surface area contributed by atoms with E-state index in [1.807, 2.05) is 45.0 Å². The Morgan fingerprint density at radius 2 is 1.70 bits per heavy atom. The molecule has 1 aromatic heterocycles. The number of amides is 1. The van der Waals surface area contributed by atoms with Gasteiger partial charge < -0.3 is 14.8 Å². The lowest BCUT2D eigenvalue weighted by atomic mass is 10.0. The SMILES string of the molecule is COC(=O)C(Cc1ccc(-c2cc(=O)n(C(C)(C)C)s2)cc1)NC(=O)OC(C)(C)C. The van der Waals surface area contributed by atoms with Crippen molar-refractivity contribution < 1.29 is 19.1 Å². The van der Waals surface area contributed by atoms with E-state index in [0.717, 1.165) is 16.0 Å². The molecule has 2 aromatic rings. The molecule has 1 N–H and O–H groups in total. The van der Waals surface area contributed by atoms with Crippen LogP contribution in [-0.4, -0.2) is 34.8 Å². The highest BCUT2D eigenvalue weighted by Gasteiger charge is 2.25. The summed E-state index contributed by atoms with van der Waals surface area (Å²) in [6.45, 7) is 11.2. The highest BCUT2D eigenvalue weighted by molar-refractivity contribution is 7.10. The van der Waals surface area contributed by atoms with Crippen molar-refractivity contribution in [2.24, 2.45) is 0 Å². The molecule has 0 spiro atoms. The first-order valence-corrected chi connectivity index (χ1v) is 10.5. The first kappa shape index (κ1) is 23.7. The molecule has 1 atom stereocenters. The fourth-order valence-electron chi connectivity index (χ4n) is 2.77. The van der Waals surface area contributed by atoms with Crippen LogP contribution in [0.25, 0.3) is 10.4 Å². The van der Waals surface area contributed by atoms with Gasteiger partial charge in [-0.3, -0.25) is 8.75 Å². The number of carbonyl (C=O) groups excluding carboxylic acids is 2. The maximum Gasteiger partial charge on any atom is 0.408 e. The fraction of sp³-hybridized carbons (Fsp3) is 0.500. The van der Waals surface area contributed by atoms with E-state index in [1.54, 1.807) is 30.8 Å². The molecule has 30 heavy (non-hydrogen) atoms. The number of alkyl carbamates (subject to hydrolysis) is 1. The zero-order valence-corrected chi connectivity index (χ0v) is 19.4. The Bertz CT molecular complexity index is 946. The summed E-state index contributed by atoms with van der Waals surface area (Å²) in [5.41, 5.74) is 0.781. The third kappa shape index (κ3) is 6.45. The Labute approximate surface area is 181 Å². The van der Waals surface area contributed by atoms with E-state index in [9.17, 15) is 14.4 Å². The maximum absolute atomic E-state index is 12.3. The van der Waals surface area contributed by atoms with Gasteiger partial charge in [0.25, 0.3) is 5.56 Å². The lowest BCUT2D eigenvalue weighted by molar-refractivity contribution is -0.143. The smallest absolute Gasteiger partial charge is 0.408 e. The summed E-state index contributed by atoms with van der Waals surface area (Å²) in [4.78, 5) is 37.3. The minimum Gasteiger partial charge on any atom is -0.467 e. The molecule has 0 saturated carbocycles. The van der Waals surface area contributed by atoms with E-state index in [0.29, 0.717) is 0 Å². The fourth-order valence-corrected chi connectivity index (χ4v) is 3.78. The molecule has 2 rings (SSSR count). The molecule has 8 heteroatoms. The van der Waals surface area contributed by atoms with Gasteiger partial charge in [-0.15, -0.1) is 0 Å². The number of esters is 1. The van der Waals surface area contributed by atoms with Gasteiger partial charge in [0, 0.05) is 12.5 Å². The molecule has 0 radical (unpaired) electrons. The summed E-state index contributed by atoms with van der Waals surface area (Å²) in [5, 5.41) is 2.57. The summed E-state index contributed by atoms with van der Waals surface area (Å²) in [6, 6.07) is 8.30. The van der Waals surface area contributed by atoms with Crippen molar-refractivity contribution in [3.05, 3.63) is 46.2 Å². The molecule has 0 aliphatic rings. The second kappa shape index (κ2) is 9.04. The summed E-state index contributed by atoms with van der Waals surface area (Å²) in [5.74, 6) is -0.551. The van der Waals surface area contributed by atoms with Gasteiger partial charge in [-0.2, -0.15) is 0 Å². The lowest BCUT2D eigenvalue weighted by Gasteiger charge is -2.22. The van der Waals surface area contributed by atoms with Crippen LogP contribution in [0.1, 0.15) is 47.1 Å². The Morgan fingerprint density at radius 1 is 1.10 bits per heavy atom. The molecule has 1 heterocycles. The third-order valence-electron chi connectivity index (χ3n) is 4.11. The number of nitrogens with zero attached hydrogens (tertiary/aromatic N) is 1. The average Bonchev–Trinajstić information content (AvgIpc) is 3.01. The van der Waals surface area contributed by atoms with Gasteiger partial charge in [-0.1, -0.05) is 35.8 Å². The summed E-state index contributed by atoms with van der Waals surface area (Å²) < 4.78 is 11.8. The first-order chi connectivity index (χ1) is 13.8. The normalized spacial score (nSPS) is 12.9. The zero-order chi connectivity index (χ0) is 22.7. The van der Waals surface area contributed by atoms with E-state index in [2.05, 4.69) is 5.32 Å². The number of aromatic nitrogens is 1.